The Morgan fingerprint density at radius 3 is 2.76 bits per heavy atom. The van der Waals surface area contributed by atoms with Crippen LogP contribution in [0.15, 0.2) is 12.5 Å². The molecule has 0 amide bonds. The number of imidazole rings is 1. The van der Waals surface area contributed by atoms with Gasteiger partial charge in [-0.1, -0.05) is 6.92 Å². The van der Waals surface area contributed by atoms with Gasteiger partial charge in [-0.05, 0) is 38.7 Å². The van der Waals surface area contributed by atoms with Crippen LogP contribution in [0.2, 0.25) is 0 Å². The molecule has 98 valence electrons. The van der Waals surface area contributed by atoms with Gasteiger partial charge in [0.25, 0.3) is 0 Å². The molecule has 17 heavy (non-hydrogen) atoms. The van der Waals surface area contributed by atoms with Crippen molar-refractivity contribution in [2.24, 2.45) is 5.92 Å². The number of nitrogens with one attached hydrogen (secondary N) is 1. The SMILES string of the molecule is CSCC(C)Cn1cnc(CNC(C)(C)C)c1. The molecule has 1 rings (SSSR count). The van der Waals surface area contributed by atoms with E-state index >= 15 is 0 Å². The molecule has 1 aromatic rings. The van der Waals surface area contributed by atoms with Crippen molar-refractivity contribution in [3.05, 3.63) is 18.2 Å². The predicted molar refractivity (Wildman–Crippen MR) is 76.4 cm³/mol. The predicted octanol–water partition coefficient (Wildman–Crippen LogP) is 2.77. The van der Waals surface area contributed by atoms with Crippen LogP contribution in [-0.2, 0) is 13.1 Å². The fourth-order valence-corrected chi connectivity index (χ4v) is 2.32. The molecule has 0 saturated carbocycles. The minimum atomic E-state index is 0.149. The molecule has 1 aromatic heterocycles. The first-order chi connectivity index (χ1) is 7.90. The maximum Gasteiger partial charge on any atom is 0.0950 e. The lowest BCUT2D eigenvalue weighted by atomic mass is 10.1. The lowest BCUT2D eigenvalue weighted by Gasteiger charge is -2.19. The molecule has 0 aromatic carbocycles. The molecular formula is C13H25N3S. The van der Waals surface area contributed by atoms with Crippen LogP contribution in [0.1, 0.15) is 33.4 Å². The van der Waals surface area contributed by atoms with Gasteiger partial charge in [0.2, 0.25) is 0 Å². The third kappa shape index (κ3) is 6.13. The van der Waals surface area contributed by atoms with Crippen LogP contribution < -0.4 is 5.32 Å². The Hall–Kier alpha value is -0.480. The van der Waals surface area contributed by atoms with E-state index in [1.165, 1.54) is 5.75 Å². The first-order valence-electron chi connectivity index (χ1n) is 6.15. The Labute approximate surface area is 109 Å². The van der Waals surface area contributed by atoms with Gasteiger partial charge in [-0.25, -0.2) is 4.98 Å². The summed E-state index contributed by atoms with van der Waals surface area (Å²) < 4.78 is 2.19. The molecule has 0 fully saturated rings. The molecule has 3 nitrogen and oxygen atoms in total. The molecule has 0 saturated heterocycles. The highest BCUT2D eigenvalue weighted by atomic mass is 32.2. The normalized spacial score (nSPS) is 13.9. The largest absolute Gasteiger partial charge is 0.337 e. The van der Waals surface area contributed by atoms with Crippen molar-refractivity contribution < 1.29 is 0 Å². The first kappa shape index (κ1) is 14.6. The van der Waals surface area contributed by atoms with E-state index in [1.807, 2.05) is 18.1 Å². The van der Waals surface area contributed by atoms with Crippen molar-refractivity contribution in [3.63, 3.8) is 0 Å². The highest BCUT2D eigenvalue weighted by Gasteiger charge is 2.10. The molecule has 0 bridgehead atoms. The van der Waals surface area contributed by atoms with Crippen LogP contribution in [0.4, 0.5) is 0 Å². The number of hydrogen-bond acceptors (Lipinski definition) is 3. The number of aromatic nitrogens is 2. The molecule has 1 atom stereocenters. The zero-order chi connectivity index (χ0) is 12.9. The topological polar surface area (TPSA) is 29.9 Å². The van der Waals surface area contributed by atoms with Crippen LogP contribution in [0.5, 0.6) is 0 Å². The van der Waals surface area contributed by atoms with Crippen molar-refractivity contribution in [2.75, 3.05) is 12.0 Å². The smallest absolute Gasteiger partial charge is 0.0950 e. The van der Waals surface area contributed by atoms with Crippen LogP contribution in [0.25, 0.3) is 0 Å². The highest BCUT2D eigenvalue weighted by Crippen LogP contribution is 2.09. The van der Waals surface area contributed by atoms with Crippen molar-refractivity contribution in [3.8, 4) is 0 Å². The van der Waals surface area contributed by atoms with Gasteiger partial charge < -0.3 is 9.88 Å². The molecular weight excluding hydrogens is 230 g/mol. The minimum absolute atomic E-state index is 0.149. The summed E-state index contributed by atoms with van der Waals surface area (Å²) in [5, 5.41) is 3.45. The third-order valence-corrected chi connectivity index (χ3v) is 3.36. The van der Waals surface area contributed by atoms with Gasteiger partial charge in [0.1, 0.15) is 0 Å². The molecule has 0 aliphatic heterocycles. The average Bonchev–Trinajstić information content (AvgIpc) is 2.62. The number of thioether (sulfide) groups is 1. The highest BCUT2D eigenvalue weighted by molar-refractivity contribution is 7.98. The summed E-state index contributed by atoms with van der Waals surface area (Å²) in [5.41, 5.74) is 1.27. The van der Waals surface area contributed by atoms with E-state index in [1.54, 1.807) is 0 Å². The van der Waals surface area contributed by atoms with Crippen molar-refractivity contribution in [2.45, 2.75) is 46.3 Å². The summed E-state index contributed by atoms with van der Waals surface area (Å²) in [6.07, 6.45) is 6.25. The Bertz CT molecular complexity index is 328. The summed E-state index contributed by atoms with van der Waals surface area (Å²) in [7, 11) is 0. The number of rotatable bonds is 6. The molecule has 1 heterocycles. The number of nitrogens with zero attached hydrogens (tertiary/aromatic N) is 2. The van der Waals surface area contributed by atoms with E-state index in [-0.39, 0.29) is 5.54 Å². The second-order valence-electron chi connectivity index (χ2n) is 5.73. The minimum Gasteiger partial charge on any atom is -0.337 e. The Morgan fingerprint density at radius 2 is 2.18 bits per heavy atom. The number of hydrogen-bond donors (Lipinski definition) is 1. The zero-order valence-electron chi connectivity index (χ0n) is 11.7. The molecule has 0 spiro atoms. The second-order valence-corrected chi connectivity index (χ2v) is 6.64. The zero-order valence-corrected chi connectivity index (χ0v) is 12.5. The van der Waals surface area contributed by atoms with E-state index in [0.717, 1.165) is 18.8 Å². The molecule has 4 heteroatoms. The van der Waals surface area contributed by atoms with Gasteiger partial charge in [0.15, 0.2) is 0 Å². The van der Waals surface area contributed by atoms with Crippen LogP contribution in [-0.4, -0.2) is 27.1 Å². The first-order valence-corrected chi connectivity index (χ1v) is 7.54. The Balaban J connectivity index is 2.42. The van der Waals surface area contributed by atoms with Crippen molar-refractivity contribution in [1.29, 1.82) is 0 Å². The van der Waals surface area contributed by atoms with Gasteiger partial charge in [0, 0.05) is 24.8 Å². The van der Waals surface area contributed by atoms with Gasteiger partial charge in [0.05, 0.1) is 12.0 Å². The Kier molecular flexibility index (Phi) is 5.53. The van der Waals surface area contributed by atoms with Gasteiger partial charge in [-0.2, -0.15) is 11.8 Å². The Morgan fingerprint density at radius 1 is 1.47 bits per heavy atom. The quantitative estimate of drug-likeness (QED) is 0.847. The van der Waals surface area contributed by atoms with Gasteiger partial charge in [-0.15, -0.1) is 0 Å². The summed E-state index contributed by atoms with van der Waals surface area (Å²) in [6.45, 7) is 10.7. The summed E-state index contributed by atoms with van der Waals surface area (Å²) in [4.78, 5) is 4.43. The molecule has 0 aliphatic rings. The molecule has 1 N–H and O–H groups in total. The van der Waals surface area contributed by atoms with Gasteiger partial charge >= 0.3 is 0 Å². The van der Waals surface area contributed by atoms with E-state index in [2.05, 4.69) is 55.0 Å². The molecule has 0 radical (unpaired) electrons. The van der Waals surface area contributed by atoms with E-state index < -0.39 is 0 Å². The average molecular weight is 255 g/mol. The van der Waals surface area contributed by atoms with Crippen molar-refractivity contribution >= 4 is 11.8 Å². The molecule has 0 aliphatic carbocycles. The lowest BCUT2D eigenvalue weighted by molar-refractivity contribution is 0.421. The standard InChI is InChI=1S/C13H25N3S/c1-11(9-17-5)7-16-8-12(14-10-16)6-15-13(2,3)4/h8,10-11,15H,6-7,9H2,1-5H3. The van der Waals surface area contributed by atoms with Crippen LogP contribution in [0.3, 0.4) is 0 Å². The molecule has 1 unspecified atom stereocenters. The maximum atomic E-state index is 4.43. The van der Waals surface area contributed by atoms with E-state index in [9.17, 15) is 0 Å². The fraction of sp³-hybridized carbons (Fsp3) is 0.769. The van der Waals surface area contributed by atoms with E-state index in [4.69, 9.17) is 0 Å². The monoisotopic (exact) mass is 255 g/mol. The summed E-state index contributed by atoms with van der Waals surface area (Å²) in [6, 6.07) is 0. The summed E-state index contributed by atoms with van der Waals surface area (Å²) >= 11 is 1.90. The van der Waals surface area contributed by atoms with E-state index in [0.29, 0.717) is 5.92 Å². The maximum absolute atomic E-state index is 4.43. The third-order valence-electron chi connectivity index (χ3n) is 2.46. The summed E-state index contributed by atoms with van der Waals surface area (Å²) in [5.74, 6) is 1.90. The van der Waals surface area contributed by atoms with Crippen LogP contribution in [0, 0.1) is 5.92 Å². The van der Waals surface area contributed by atoms with Gasteiger partial charge in [-0.3, -0.25) is 0 Å². The lowest BCUT2D eigenvalue weighted by Crippen LogP contribution is -2.35. The second kappa shape index (κ2) is 6.45. The van der Waals surface area contributed by atoms with Crippen molar-refractivity contribution in [1.82, 2.24) is 14.9 Å². The van der Waals surface area contributed by atoms with Crippen LogP contribution >= 0.6 is 11.8 Å². The fourth-order valence-electron chi connectivity index (χ4n) is 1.65.